The van der Waals surface area contributed by atoms with Crippen molar-refractivity contribution in [2.75, 3.05) is 37.6 Å². The van der Waals surface area contributed by atoms with Crippen LogP contribution in [0.5, 0.6) is 0 Å². The van der Waals surface area contributed by atoms with E-state index >= 15 is 0 Å². The fourth-order valence-corrected chi connectivity index (χ4v) is 4.05. The van der Waals surface area contributed by atoms with Crippen molar-refractivity contribution >= 4 is 57.7 Å². The van der Waals surface area contributed by atoms with Crippen LogP contribution in [0.15, 0.2) is 21.9 Å². The molecule has 2 aromatic heterocycles. The highest BCUT2D eigenvalue weighted by molar-refractivity contribution is 14.0. The molecule has 0 bridgehead atoms. The summed E-state index contributed by atoms with van der Waals surface area (Å²) in [6.07, 6.45) is 1.85. The molecule has 1 fully saturated rings. The molecule has 0 radical (unpaired) electrons. The molecule has 1 atom stereocenters. The summed E-state index contributed by atoms with van der Waals surface area (Å²) in [6, 6.07) is 0. The number of thiazole rings is 2. The second-order valence-electron chi connectivity index (χ2n) is 5.72. The number of halogens is 1. The zero-order chi connectivity index (χ0) is 16.2. The van der Waals surface area contributed by atoms with E-state index in [-0.39, 0.29) is 24.0 Å². The van der Waals surface area contributed by atoms with Crippen molar-refractivity contribution in [1.29, 1.82) is 0 Å². The first-order valence-corrected chi connectivity index (χ1v) is 9.50. The first-order valence-electron chi connectivity index (χ1n) is 7.75. The van der Waals surface area contributed by atoms with Crippen LogP contribution in [-0.4, -0.2) is 53.6 Å². The van der Waals surface area contributed by atoms with Gasteiger partial charge in [0.25, 0.3) is 0 Å². The van der Waals surface area contributed by atoms with Gasteiger partial charge in [-0.15, -0.1) is 46.7 Å². The number of guanidine groups is 1. The van der Waals surface area contributed by atoms with Crippen molar-refractivity contribution in [1.82, 2.24) is 14.9 Å². The molecule has 1 aliphatic heterocycles. The highest BCUT2D eigenvalue weighted by Gasteiger charge is 2.20. The van der Waals surface area contributed by atoms with Gasteiger partial charge in [0.1, 0.15) is 0 Å². The van der Waals surface area contributed by atoms with E-state index in [0.717, 1.165) is 42.0 Å². The second-order valence-corrected chi connectivity index (χ2v) is 7.48. The third-order valence-corrected chi connectivity index (χ3v) is 5.91. The van der Waals surface area contributed by atoms with E-state index in [1.165, 1.54) is 0 Å². The van der Waals surface area contributed by atoms with Gasteiger partial charge in [0.15, 0.2) is 11.1 Å². The lowest BCUT2D eigenvalue weighted by molar-refractivity contribution is 0.380. The zero-order valence-corrected chi connectivity index (χ0v) is 17.8. The number of nitrogens with zero attached hydrogens (tertiary/aromatic N) is 5. The summed E-state index contributed by atoms with van der Waals surface area (Å²) in [4.78, 5) is 17.9. The van der Waals surface area contributed by atoms with Crippen LogP contribution >= 0.6 is 46.7 Å². The van der Waals surface area contributed by atoms with Gasteiger partial charge >= 0.3 is 0 Å². The monoisotopic (exact) mass is 478 g/mol. The Morgan fingerprint density at radius 3 is 2.67 bits per heavy atom. The highest BCUT2D eigenvalue weighted by atomic mass is 127. The molecule has 6 nitrogen and oxygen atoms in total. The lowest BCUT2D eigenvalue weighted by atomic mass is 10.2. The van der Waals surface area contributed by atoms with E-state index < -0.39 is 0 Å². The maximum absolute atomic E-state index is 6.17. The summed E-state index contributed by atoms with van der Waals surface area (Å²) < 4.78 is 0. The van der Waals surface area contributed by atoms with Crippen LogP contribution in [0.25, 0.3) is 0 Å². The zero-order valence-electron chi connectivity index (χ0n) is 13.9. The van der Waals surface area contributed by atoms with E-state index in [4.69, 9.17) is 5.73 Å². The summed E-state index contributed by atoms with van der Waals surface area (Å²) >= 11 is 3.38. The number of piperazine rings is 1. The van der Waals surface area contributed by atoms with Crippen LogP contribution in [0.1, 0.15) is 23.5 Å². The van der Waals surface area contributed by atoms with Gasteiger partial charge in [-0.3, -0.25) is 4.99 Å². The van der Waals surface area contributed by atoms with Gasteiger partial charge in [-0.05, 0) is 6.92 Å². The first kappa shape index (κ1) is 19.4. The lowest BCUT2D eigenvalue weighted by Gasteiger charge is -2.35. The maximum Gasteiger partial charge on any atom is 0.191 e. The van der Waals surface area contributed by atoms with E-state index in [0.29, 0.717) is 18.4 Å². The Hall–Kier alpha value is -0.940. The predicted octanol–water partition coefficient (Wildman–Crippen LogP) is 2.77. The van der Waals surface area contributed by atoms with Crippen LogP contribution in [0, 0.1) is 6.92 Å². The molecule has 3 rings (SSSR count). The van der Waals surface area contributed by atoms with Crippen LogP contribution in [0.4, 0.5) is 5.13 Å². The molecular weight excluding hydrogens is 455 g/mol. The minimum absolute atomic E-state index is 0. The number of nitrogens with two attached hydrogens (primary N) is 1. The Balaban J connectivity index is 0.00000208. The van der Waals surface area contributed by atoms with Gasteiger partial charge in [-0.2, -0.15) is 0 Å². The second kappa shape index (κ2) is 8.95. The SMILES string of the molecule is Cc1csc(C(C)CN=C(N)N2CCN(c3nccs3)CC2)n1.I. The largest absolute Gasteiger partial charge is 0.370 e. The minimum atomic E-state index is 0. The van der Waals surface area contributed by atoms with E-state index in [2.05, 4.69) is 37.1 Å². The van der Waals surface area contributed by atoms with Crippen LogP contribution in [-0.2, 0) is 0 Å². The number of aryl methyl sites for hydroxylation is 1. The van der Waals surface area contributed by atoms with Gasteiger partial charge in [-0.1, -0.05) is 6.92 Å². The fourth-order valence-electron chi connectivity index (χ4n) is 2.51. The normalized spacial score (nSPS) is 16.8. The number of hydrogen-bond acceptors (Lipinski definition) is 6. The van der Waals surface area contributed by atoms with Crippen molar-refractivity contribution in [2.45, 2.75) is 19.8 Å². The topological polar surface area (TPSA) is 70.6 Å². The molecule has 132 valence electrons. The summed E-state index contributed by atoms with van der Waals surface area (Å²) in [7, 11) is 0. The summed E-state index contributed by atoms with van der Waals surface area (Å²) in [5, 5.41) is 6.32. The Bertz CT molecular complexity index is 649. The molecule has 1 saturated heterocycles. The number of anilines is 1. The molecule has 2 N–H and O–H groups in total. The molecule has 0 aromatic carbocycles. The Labute approximate surface area is 167 Å². The van der Waals surface area contributed by atoms with E-state index in [1.807, 2.05) is 18.5 Å². The van der Waals surface area contributed by atoms with E-state index in [1.54, 1.807) is 22.7 Å². The fraction of sp³-hybridized carbons (Fsp3) is 0.533. The van der Waals surface area contributed by atoms with Gasteiger partial charge in [0.05, 0.1) is 11.6 Å². The first-order chi connectivity index (χ1) is 11.1. The highest BCUT2D eigenvalue weighted by Crippen LogP contribution is 2.21. The van der Waals surface area contributed by atoms with Crippen LogP contribution in [0.3, 0.4) is 0 Å². The van der Waals surface area contributed by atoms with E-state index in [9.17, 15) is 0 Å². The summed E-state index contributed by atoms with van der Waals surface area (Å²) in [5.74, 6) is 0.952. The molecule has 2 aromatic rings. The number of rotatable bonds is 4. The molecule has 3 heterocycles. The maximum atomic E-state index is 6.17. The molecule has 0 aliphatic carbocycles. The van der Waals surface area contributed by atoms with Gasteiger partial charge < -0.3 is 15.5 Å². The Morgan fingerprint density at radius 1 is 1.33 bits per heavy atom. The summed E-state index contributed by atoms with van der Waals surface area (Å²) in [5.41, 5.74) is 7.25. The number of aliphatic imine (C=N–C) groups is 1. The molecule has 24 heavy (non-hydrogen) atoms. The quantitative estimate of drug-likeness (QED) is 0.416. The average molecular weight is 478 g/mol. The summed E-state index contributed by atoms with van der Waals surface area (Å²) in [6.45, 7) is 8.50. The number of aromatic nitrogens is 2. The smallest absolute Gasteiger partial charge is 0.191 e. The Kier molecular flexibility index (Phi) is 7.23. The number of hydrogen-bond donors (Lipinski definition) is 1. The average Bonchev–Trinajstić information content (AvgIpc) is 3.24. The third-order valence-electron chi connectivity index (χ3n) is 3.88. The van der Waals surface area contributed by atoms with Crippen molar-refractivity contribution in [3.8, 4) is 0 Å². The predicted molar refractivity (Wildman–Crippen MR) is 113 cm³/mol. The van der Waals surface area contributed by atoms with Crippen molar-refractivity contribution in [2.24, 2.45) is 10.7 Å². The van der Waals surface area contributed by atoms with Crippen LogP contribution in [0.2, 0.25) is 0 Å². The molecule has 9 heteroatoms. The van der Waals surface area contributed by atoms with Gasteiger partial charge in [-0.25, -0.2) is 9.97 Å². The van der Waals surface area contributed by atoms with Crippen molar-refractivity contribution in [3.05, 3.63) is 27.7 Å². The molecular formula is C15H23IN6S2. The third kappa shape index (κ3) is 4.79. The lowest BCUT2D eigenvalue weighted by Crippen LogP contribution is -2.51. The molecule has 1 unspecified atom stereocenters. The standard InChI is InChI=1S/C15H22N6S2.HI/c1-11(13-19-12(2)10-23-13)9-18-14(16)20-4-6-21(7-5-20)15-17-3-8-22-15;/h3,8,10-11H,4-7,9H2,1-2H3,(H2,16,18);1H. The van der Waals surface area contributed by atoms with Crippen molar-refractivity contribution in [3.63, 3.8) is 0 Å². The molecule has 1 aliphatic rings. The van der Waals surface area contributed by atoms with Crippen LogP contribution < -0.4 is 10.6 Å². The van der Waals surface area contributed by atoms with Gasteiger partial charge in [0, 0.05) is 54.7 Å². The molecule has 0 saturated carbocycles. The minimum Gasteiger partial charge on any atom is -0.370 e. The van der Waals surface area contributed by atoms with Gasteiger partial charge in [0.2, 0.25) is 0 Å². The molecule has 0 spiro atoms. The molecule has 0 amide bonds. The van der Waals surface area contributed by atoms with Crippen molar-refractivity contribution < 1.29 is 0 Å². The Morgan fingerprint density at radius 2 is 2.08 bits per heavy atom.